The molecule has 267 valence electrons. The van der Waals surface area contributed by atoms with E-state index < -0.39 is 31.0 Å². The van der Waals surface area contributed by atoms with Gasteiger partial charge in [-0.1, -0.05) is 0 Å². The van der Waals surface area contributed by atoms with Crippen molar-refractivity contribution in [3.63, 3.8) is 0 Å². The first-order chi connectivity index (χ1) is 26.6. The summed E-state index contributed by atoms with van der Waals surface area (Å²) < 4.78 is 2.86. The number of rotatable bonds is 11. The number of benzene rings is 6. The Hall–Kier alpha value is -4.11. The third-order valence-corrected chi connectivity index (χ3v) is 29.2. The Kier molecular flexibility index (Phi) is 10.0. The van der Waals surface area contributed by atoms with E-state index in [0.29, 0.717) is 7.35 Å². The molecule has 2 atom stereocenters. The summed E-state index contributed by atoms with van der Waals surface area (Å²) in [5.41, 5.74) is 21.3. The first kappa shape index (κ1) is 35.6. The zero-order valence-corrected chi connectivity index (χ0v) is 37.4. The molecule has 3 aliphatic rings. The van der Waals surface area contributed by atoms with Crippen molar-refractivity contribution in [2.45, 2.75) is 73.6 Å². The summed E-state index contributed by atoms with van der Waals surface area (Å²) in [6, 6.07) is 49.9. The van der Waals surface area contributed by atoms with Crippen LogP contribution in [0.1, 0.15) is 94.1 Å². The Labute approximate surface area is 333 Å². The Morgan fingerprint density at radius 2 is 0.926 bits per heavy atom. The van der Waals surface area contributed by atoms with Crippen LogP contribution in [-0.4, -0.2) is 9.52 Å². The summed E-state index contributed by atoms with van der Waals surface area (Å²) in [6.45, 7) is 9.40. The van der Waals surface area contributed by atoms with E-state index >= 15 is 0 Å². The van der Waals surface area contributed by atoms with Gasteiger partial charge in [-0.3, -0.25) is 0 Å². The van der Waals surface area contributed by atoms with Gasteiger partial charge in [0.2, 0.25) is 0 Å². The van der Waals surface area contributed by atoms with Gasteiger partial charge in [0, 0.05) is 0 Å². The zero-order chi connectivity index (χ0) is 36.8. The van der Waals surface area contributed by atoms with Crippen molar-refractivity contribution in [3.05, 3.63) is 172 Å². The first-order valence-electron chi connectivity index (χ1n) is 20.6. The van der Waals surface area contributed by atoms with E-state index in [1.54, 1.807) is 38.2 Å². The van der Waals surface area contributed by atoms with Crippen molar-refractivity contribution in [1.82, 2.24) is 0 Å². The van der Waals surface area contributed by atoms with Crippen LogP contribution in [0.3, 0.4) is 0 Å². The van der Waals surface area contributed by atoms with Crippen molar-refractivity contribution < 1.29 is 21.4 Å². The molecule has 0 N–H and O–H groups in total. The summed E-state index contributed by atoms with van der Waals surface area (Å²) in [6.07, 6.45) is 12.2. The van der Waals surface area contributed by atoms with Crippen LogP contribution >= 0.6 is 0 Å². The maximum atomic E-state index is 2.69. The van der Waals surface area contributed by atoms with Gasteiger partial charge >= 0.3 is 336 Å². The number of hydrogen-bond acceptors (Lipinski definition) is 0. The number of allylic oxidation sites excluding steroid dienone is 2. The van der Waals surface area contributed by atoms with Gasteiger partial charge in [0.25, 0.3) is 0 Å². The van der Waals surface area contributed by atoms with E-state index in [0.717, 1.165) is 12.8 Å². The Morgan fingerprint density at radius 3 is 1.46 bits per heavy atom. The van der Waals surface area contributed by atoms with Gasteiger partial charge in [0.05, 0.1) is 0 Å². The normalized spacial score (nSPS) is 16.8. The van der Waals surface area contributed by atoms with E-state index in [-0.39, 0.29) is 0 Å². The fourth-order valence-electron chi connectivity index (χ4n) is 10.2. The van der Waals surface area contributed by atoms with Gasteiger partial charge in [-0.2, -0.15) is 0 Å². The fourth-order valence-corrected chi connectivity index (χ4v) is 29.7. The number of fused-ring (bicyclic) bond motifs is 5. The van der Waals surface area contributed by atoms with Crippen LogP contribution in [0.5, 0.6) is 0 Å². The molecule has 2 aliphatic carbocycles. The molecule has 1 heterocycles. The molecule has 0 spiro atoms. The van der Waals surface area contributed by atoms with Crippen LogP contribution < -0.4 is 13.7 Å². The van der Waals surface area contributed by atoms with Crippen molar-refractivity contribution in [3.8, 4) is 33.4 Å². The van der Waals surface area contributed by atoms with E-state index in [4.69, 9.17) is 0 Å². The van der Waals surface area contributed by atoms with Crippen LogP contribution in [0.2, 0.25) is 0 Å². The summed E-state index contributed by atoms with van der Waals surface area (Å²) in [5.74, 6) is 0. The summed E-state index contributed by atoms with van der Waals surface area (Å²) >= 11 is -3.07. The number of hydrogen-bond donors (Lipinski definition) is 0. The minimum absolute atomic E-state index is 0.519. The second-order valence-electron chi connectivity index (χ2n) is 15.6. The Morgan fingerprint density at radius 1 is 0.463 bits per heavy atom. The second kappa shape index (κ2) is 15.2. The van der Waals surface area contributed by atoms with Crippen molar-refractivity contribution >= 4 is 35.4 Å². The van der Waals surface area contributed by atoms with Crippen LogP contribution in [0.15, 0.2) is 139 Å². The van der Waals surface area contributed by atoms with Crippen molar-refractivity contribution in [1.29, 1.82) is 0 Å². The molecule has 54 heavy (non-hydrogen) atoms. The Balaban J connectivity index is 1.31. The Bertz CT molecular complexity index is 2320. The van der Waals surface area contributed by atoms with Crippen molar-refractivity contribution in [2.24, 2.45) is 0 Å². The molecule has 0 saturated carbocycles. The van der Waals surface area contributed by atoms with E-state index in [9.17, 15) is 0 Å². The van der Waals surface area contributed by atoms with Crippen molar-refractivity contribution in [2.75, 3.05) is 0 Å². The number of aryl methyl sites for hydroxylation is 2. The minimum atomic E-state index is -3.07. The molecule has 2 heteroatoms. The fraction of sp³-hybridized carbons (Fsp3) is 0.231. The average molecular weight is 883 g/mol. The third kappa shape index (κ3) is 5.96. The molecule has 0 amide bonds. The molecule has 6 aromatic carbocycles. The molecule has 0 nitrogen and oxygen atoms in total. The molecule has 0 fully saturated rings. The molecule has 0 aromatic heterocycles. The molecule has 0 saturated heterocycles. The average Bonchev–Trinajstić information content (AvgIpc) is 3.90. The van der Waals surface area contributed by atoms with Crippen LogP contribution in [0, 0.1) is 0 Å². The van der Waals surface area contributed by atoms with Gasteiger partial charge in [-0.25, -0.2) is 0 Å². The van der Waals surface area contributed by atoms with Gasteiger partial charge in [0.1, 0.15) is 0 Å². The monoisotopic (exact) mass is 883 g/mol. The molecule has 9 rings (SSSR count). The second-order valence-corrected chi connectivity index (χ2v) is 26.7. The third-order valence-electron chi connectivity index (χ3n) is 12.5. The predicted octanol–water partition coefficient (Wildman–Crippen LogP) is 11.4. The van der Waals surface area contributed by atoms with Crippen LogP contribution in [0.4, 0.5) is 0 Å². The molecule has 0 bridgehead atoms. The van der Waals surface area contributed by atoms with E-state index in [1.165, 1.54) is 75.8 Å². The van der Waals surface area contributed by atoms with E-state index in [1.807, 2.05) is 3.32 Å². The van der Waals surface area contributed by atoms with Gasteiger partial charge in [-0.05, 0) is 0 Å². The quantitative estimate of drug-likeness (QED) is 0.114. The molecule has 6 aromatic rings. The topological polar surface area (TPSA) is 0 Å². The summed E-state index contributed by atoms with van der Waals surface area (Å²) in [7, 11) is -0.596. The molecular weight excluding hydrogens is 831 g/mol. The molecule has 0 radical (unpaired) electrons. The van der Waals surface area contributed by atoms with Crippen LogP contribution in [-0.2, 0) is 34.3 Å². The van der Waals surface area contributed by atoms with E-state index in [2.05, 4.69) is 167 Å². The van der Waals surface area contributed by atoms with Gasteiger partial charge in [-0.15, -0.1) is 0 Å². The van der Waals surface area contributed by atoms with Gasteiger partial charge in [0.15, 0.2) is 0 Å². The summed E-state index contributed by atoms with van der Waals surface area (Å²) in [4.78, 5) is 0. The standard InChI is InChI=1S/2C20H21.C12H9Si.Hf/c2*1-3-8-15-13-17-10-7-12-19(20(17)14-15)18-11-6-5-9-16(18)4-2;1-3-7-11-9(5-1)10-6-2-4-8-12(10)13-11;/h2*5-7,9-14H,3-4,8H2,1-2H3;1-7H,13H2;. The van der Waals surface area contributed by atoms with Crippen LogP contribution in [0.25, 0.3) is 45.5 Å². The predicted molar refractivity (Wildman–Crippen MR) is 233 cm³/mol. The molecule has 1 aliphatic heterocycles. The first-order valence-corrected chi connectivity index (χ1v) is 27.9. The summed E-state index contributed by atoms with van der Waals surface area (Å²) in [5, 5.41) is 3.41. The SMILES string of the molecule is CCCC1=Cc2c(-c3ccccc3CC)cccc2[CH]1[Hf]([c]1cccc2c1[SiH2]c1ccccc1-2)[CH]1C(CCC)=Cc2c(-c3ccccc3CC)cccc21. The van der Waals surface area contributed by atoms with Gasteiger partial charge < -0.3 is 0 Å². The maximum absolute atomic E-state index is 3.07. The molecular formula is C52H51HfSi. The molecule has 2 unspecified atom stereocenters. The zero-order valence-electron chi connectivity index (χ0n) is 32.4.